The van der Waals surface area contributed by atoms with E-state index in [2.05, 4.69) is 22.3 Å². The molecule has 0 bridgehead atoms. The van der Waals surface area contributed by atoms with Gasteiger partial charge in [-0.3, -0.25) is 5.10 Å². The first kappa shape index (κ1) is 10.6. The number of benzene rings is 1. The molecule has 1 heterocycles. The van der Waals surface area contributed by atoms with E-state index >= 15 is 0 Å². The molecule has 0 unspecified atom stereocenters. The van der Waals surface area contributed by atoms with Gasteiger partial charge >= 0.3 is 0 Å². The molecular weight excluding hydrogens is 237 g/mol. The zero-order chi connectivity index (χ0) is 8.39. The zero-order valence-electron chi connectivity index (χ0n) is 7.41. The van der Waals surface area contributed by atoms with Crippen LogP contribution in [0.1, 0.15) is 5.56 Å². The largest absolute Gasteiger partial charge is 0.290 e. The second-order valence-electron chi connectivity index (χ2n) is 2.73. The molecule has 0 aliphatic heterocycles. The van der Waals surface area contributed by atoms with Gasteiger partial charge in [-0.25, -0.2) is 0 Å². The minimum Gasteiger partial charge on any atom is -0.290 e. The van der Waals surface area contributed by atoms with E-state index in [4.69, 9.17) is 0 Å². The minimum atomic E-state index is 0. The predicted molar refractivity (Wildman–Crippen MR) is 47.6 cm³/mol. The van der Waals surface area contributed by atoms with Crippen LogP contribution in [0.2, 0.25) is 0 Å². The summed E-state index contributed by atoms with van der Waals surface area (Å²) in [6.07, 6.45) is 1.75. The third-order valence-electron chi connectivity index (χ3n) is 1.78. The molecule has 0 aliphatic rings. The van der Waals surface area contributed by atoms with Crippen LogP contribution in [0.4, 0.5) is 0 Å². The number of aromatic amines is 1. The van der Waals surface area contributed by atoms with Gasteiger partial charge in [0.05, 0.1) is 0 Å². The van der Waals surface area contributed by atoms with Gasteiger partial charge in [0.15, 0.2) is 0 Å². The predicted octanol–water partition coefficient (Wildman–Crippen LogP) is 2.18. The van der Waals surface area contributed by atoms with Gasteiger partial charge in [-0.15, -0.1) is 5.56 Å². The van der Waals surface area contributed by atoms with Gasteiger partial charge in [-0.05, 0) is 6.07 Å². The van der Waals surface area contributed by atoms with Crippen molar-refractivity contribution in [3.05, 3.63) is 42.1 Å². The van der Waals surface area contributed by atoms with Gasteiger partial charge in [-0.1, -0.05) is 6.92 Å². The van der Waals surface area contributed by atoms with Crippen LogP contribution in [0.25, 0.3) is 11.3 Å². The molecule has 1 aromatic heterocycles. The van der Waals surface area contributed by atoms with Crippen LogP contribution in [-0.2, 0) is 32.7 Å². The monoisotopic (exact) mass is 246 g/mol. The van der Waals surface area contributed by atoms with Crippen molar-refractivity contribution in [2.75, 3.05) is 0 Å². The topological polar surface area (TPSA) is 28.7 Å². The Morgan fingerprint density at radius 3 is 2.69 bits per heavy atom. The maximum atomic E-state index is 3.88. The number of nitrogens with one attached hydrogen (secondary N) is 1. The smallest absolute Gasteiger partial charge is 0.0482 e. The van der Waals surface area contributed by atoms with Crippen molar-refractivity contribution in [1.29, 1.82) is 0 Å². The fraction of sp³-hybridized carbons (Fsp3) is 0.100. The summed E-state index contributed by atoms with van der Waals surface area (Å²) in [5, 5.41) is 6.78. The molecule has 2 nitrogen and oxygen atoms in total. The average molecular weight is 246 g/mol. The van der Waals surface area contributed by atoms with E-state index in [1.54, 1.807) is 6.20 Å². The summed E-state index contributed by atoms with van der Waals surface area (Å²) < 4.78 is 0. The first-order valence-electron chi connectivity index (χ1n) is 3.84. The van der Waals surface area contributed by atoms with E-state index in [-0.39, 0.29) is 32.7 Å². The summed E-state index contributed by atoms with van der Waals surface area (Å²) in [6, 6.07) is 11.1. The molecule has 1 aromatic carbocycles. The van der Waals surface area contributed by atoms with E-state index in [0.717, 1.165) is 16.8 Å². The quantitative estimate of drug-likeness (QED) is 0.767. The Morgan fingerprint density at radius 2 is 2.15 bits per heavy atom. The van der Waals surface area contributed by atoms with Gasteiger partial charge in [0.25, 0.3) is 0 Å². The van der Waals surface area contributed by atoms with Gasteiger partial charge in [-0.2, -0.15) is 34.9 Å². The van der Waals surface area contributed by atoms with Crippen molar-refractivity contribution in [2.45, 2.75) is 6.92 Å². The van der Waals surface area contributed by atoms with Crippen LogP contribution in [0.15, 0.2) is 30.5 Å². The van der Waals surface area contributed by atoms with Crippen LogP contribution in [0, 0.1) is 13.0 Å². The van der Waals surface area contributed by atoms with Crippen LogP contribution >= 0.6 is 0 Å². The fourth-order valence-electron chi connectivity index (χ4n) is 1.09. The molecule has 63 valence electrons. The molecule has 2 rings (SSSR count). The Bertz CT molecular complexity index is 351. The summed E-state index contributed by atoms with van der Waals surface area (Å²) >= 11 is 0. The Labute approximate surface area is 103 Å². The second-order valence-corrected chi connectivity index (χ2v) is 2.73. The summed E-state index contributed by atoms with van der Waals surface area (Å²) in [5.74, 6) is 0. The van der Waals surface area contributed by atoms with E-state index in [1.807, 2.05) is 25.1 Å². The molecule has 3 heteroatoms. The van der Waals surface area contributed by atoms with Gasteiger partial charge < -0.3 is 0 Å². The number of rotatable bonds is 1. The normalized spacial score (nSPS) is 9.31. The molecule has 0 atom stereocenters. The fourth-order valence-corrected chi connectivity index (χ4v) is 1.09. The summed E-state index contributed by atoms with van der Waals surface area (Å²) in [5.41, 5.74) is 3.31. The summed E-state index contributed by atoms with van der Waals surface area (Å²) in [4.78, 5) is 0. The zero-order valence-corrected chi connectivity index (χ0v) is 10.2. The molecule has 13 heavy (non-hydrogen) atoms. The molecule has 1 radical (unpaired) electrons. The first-order valence-corrected chi connectivity index (χ1v) is 3.84. The maximum absolute atomic E-state index is 3.88. The molecule has 0 saturated heterocycles. The Hall–Kier alpha value is -0.466. The van der Waals surface area contributed by atoms with Gasteiger partial charge in [0.2, 0.25) is 0 Å². The Morgan fingerprint density at radius 1 is 1.31 bits per heavy atom. The number of hydrogen-bond acceptors (Lipinski definition) is 1. The number of nitrogens with zero attached hydrogens (tertiary/aromatic N) is 1. The van der Waals surface area contributed by atoms with E-state index in [1.165, 1.54) is 0 Å². The van der Waals surface area contributed by atoms with Gasteiger partial charge in [0, 0.05) is 44.6 Å². The van der Waals surface area contributed by atoms with Crippen molar-refractivity contribution in [3.8, 4) is 11.3 Å². The Balaban J connectivity index is 0.000000845. The van der Waals surface area contributed by atoms with Crippen LogP contribution in [0.3, 0.4) is 0 Å². The van der Waals surface area contributed by atoms with Gasteiger partial charge in [0.1, 0.15) is 0 Å². The summed E-state index contributed by atoms with van der Waals surface area (Å²) in [6.45, 7) is 2.02. The van der Waals surface area contributed by atoms with Crippen LogP contribution in [0.5, 0.6) is 0 Å². The molecule has 0 saturated carbocycles. The summed E-state index contributed by atoms with van der Waals surface area (Å²) in [7, 11) is 0. The second kappa shape index (κ2) is 4.68. The molecule has 0 amide bonds. The van der Waals surface area contributed by atoms with Crippen LogP contribution in [-0.4, -0.2) is 10.2 Å². The molecule has 0 spiro atoms. The van der Waals surface area contributed by atoms with E-state index < -0.39 is 0 Å². The van der Waals surface area contributed by atoms with Crippen molar-refractivity contribution in [2.24, 2.45) is 0 Å². The number of aromatic nitrogens is 2. The minimum absolute atomic E-state index is 0. The third kappa shape index (κ3) is 2.49. The first-order chi connectivity index (χ1) is 5.86. The molecular formula is C10H9N2Y-. The molecule has 2 aromatic rings. The standard InChI is InChI=1S/C10H9N2.Y/c1-8-2-4-9(5-3-8)10-6-7-11-12-10;/h2,4-7H,1H3,(H,11,12);/q-1;. The molecule has 0 fully saturated rings. The SMILES string of the molecule is Cc1[c-]cc(-c2ccn[nH]2)cc1.[Y]. The number of hydrogen-bond donors (Lipinski definition) is 1. The molecule has 0 aliphatic carbocycles. The van der Waals surface area contributed by atoms with Crippen LogP contribution < -0.4 is 0 Å². The van der Waals surface area contributed by atoms with E-state index in [9.17, 15) is 0 Å². The maximum Gasteiger partial charge on any atom is 0.0482 e. The third-order valence-corrected chi connectivity index (χ3v) is 1.78. The van der Waals surface area contributed by atoms with Crippen molar-refractivity contribution in [3.63, 3.8) is 0 Å². The van der Waals surface area contributed by atoms with Crippen molar-refractivity contribution in [1.82, 2.24) is 10.2 Å². The number of H-pyrrole nitrogens is 1. The Kier molecular flexibility index (Phi) is 3.82. The average Bonchev–Trinajstić information content (AvgIpc) is 2.58. The van der Waals surface area contributed by atoms with E-state index in [0.29, 0.717) is 0 Å². The van der Waals surface area contributed by atoms with Crippen molar-refractivity contribution < 1.29 is 32.7 Å². The molecule has 1 N–H and O–H groups in total. The number of aryl methyl sites for hydroxylation is 1. The van der Waals surface area contributed by atoms with Crippen molar-refractivity contribution >= 4 is 0 Å².